The van der Waals surface area contributed by atoms with Gasteiger partial charge in [-0.05, 0) is 42.3 Å². The van der Waals surface area contributed by atoms with Gasteiger partial charge in [0.1, 0.15) is 0 Å². The number of para-hydroxylation sites is 1. The fourth-order valence-corrected chi connectivity index (χ4v) is 1.92. The molecule has 3 amide bonds. The third-order valence-electron chi connectivity index (χ3n) is 3.11. The van der Waals surface area contributed by atoms with E-state index in [4.69, 9.17) is 0 Å². The molecular weight excluding hydrogens is 290 g/mol. The van der Waals surface area contributed by atoms with Gasteiger partial charge in [-0.3, -0.25) is 4.79 Å². The molecule has 5 nitrogen and oxygen atoms in total. The monoisotopic (exact) mass is 311 g/mol. The van der Waals surface area contributed by atoms with E-state index in [-0.39, 0.29) is 11.9 Å². The van der Waals surface area contributed by atoms with Crippen LogP contribution < -0.4 is 16.0 Å². The number of rotatable bonds is 5. The summed E-state index contributed by atoms with van der Waals surface area (Å²) < 4.78 is 0. The molecule has 3 N–H and O–H groups in total. The Morgan fingerprint density at radius 2 is 1.43 bits per heavy atom. The molecule has 0 bridgehead atoms. The maximum Gasteiger partial charge on any atom is 0.323 e. The second-order valence-electron chi connectivity index (χ2n) is 5.63. The van der Waals surface area contributed by atoms with Gasteiger partial charge in [0.2, 0.25) is 0 Å². The van der Waals surface area contributed by atoms with Crippen LogP contribution in [0.25, 0.3) is 0 Å². The second-order valence-corrected chi connectivity index (χ2v) is 5.63. The van der Waals surface area contributed by atoms with E-state index in [2.05, 4.69) is 16.0 Å². The molecule has 0 aliphatic heterocycles. The number of anilines is 2. The quantitative estimate of drug-likeness (QED) is 0.787. The van der Waals surface area contributed by atoms with Crippen molar-refractivity contribution in [1.29, 1.82) is 0 Å². The molecule has 0 aliphatic carbocycles. The minimum Gasteiger partial charge on any atom is -0.352 e. The van der Waals surface area contributed by atoms with Crippen molar-refractivity contribution in [2.75, 3.05) is 17.2 Å². The van der Waals surface area contributed by atoms with Crippen molar-refractivity contribution in [1.82, 2.24) is 5.32 Å². The number of hydrogen-bond acceptors (Lipinski definition) is 2. The zero-order valence-electron chi connectivity index (χ0n) is 13.3. The van der Waals surface area contributed by atoms with Gasteiger partial charge < -0.3 is 16.0 Å². The Labute approximate surface area is 136 Å². The van der Waals surface area contributed by atoms with Crippen LogP contribution in [0.2, 0.25) is 0 Å². The summed E-state index contributed by atoms with van der Waals surface area (Å²) >= 11 is 0. The Balaban J connectivity index is 1.89. The molecule has 0 aliphatic rings. The number of nitrogens with one attached hydrogen (secondary N) is 3. The van der Waals surface area contributed by atoms with E-state index in [1.165, 1.54) is 0 Å². The van der Waals surface area contributed by atoms with Gasteiger partial charge in [0, 0.05) is 23.5 Å². The predicted octanol–water partition coefficient (Wildman–Crippen LogP) is 3.72. The summed E-state index contributed by atoms with van der Waals surface area (Å²) in [5, 5.41) is 8.31. The van der Waals surface area contributed by atoms with E-state index in [1.54, 1.807) is 24.3 Å². The van der Waals surface area contributed by atoms with Gasteiger partial charge in [-0.15, -0.1) is 0 Å². The molecule has 2 rings (SSSR count). The van der Waals surface area contributed by atoms with Crippen molar-refractivity contribution in [3.05, 3.63) is 60.2 Å². The molecule has 0 spiro atoms. The van der Waals surface area contributed by atoms with Crippen molar-refractivity contribution in [3.8, 4) is 0 Å². The number of carbonyl (C=O) groups excluding carboxylic acids is 2. The van der Waals surface area contributed by atoms with Gasteiger partial charge in [0.05, 0.1) is 0 Å². The zero-order chi connectivity index (χ0) is 16.7. The van der Waals surface area contributed by atoms with Crippen LogP contribution >= 0.6 is 0 Å². The smallest absolute Gasteiger partial charge is 0.323 e. The summed E-state index contributed by atoms with van der Waals surface area (Å²) in [6, 6.07) is 15.6. The lowest BCUT2D eigenvalue weighted by Crippen LogP contribution is -2.27. The maximum absolute atomic E-state index is 11.9. The number of carbonyl (C=O) groups is 2. The van der Waals surface area contributed by atoms with Gasteiger partial charge in [0.25, 0.3) is 5.91 Å². The van der Waals surface area contributed by atoms with Crippen molar-refractivity contribution in [2.24, 2.45) is 5.92 Å². The molecule has 2 aromatic rings. The second kappa shape index (κ2) is 7.98. The molecule has 0 heterocycles. The molecule has 0 saturated carbocycles. The van der Waals surface area contributed by atoms with Gasteiger partial charge >= 0.3 is 6.03 Å². The largest absolute Gasteiger partial charge is 0.352 e. The van der Waals surface area contributed by atoms with Crippen molar-refractivity contribution >= 4 is 23.3 Å². The van der Waals surface area contributed by atoms with Crippen LogP contribution in [0, 0.1) is 5.92 Å². The van der Waals surface area contributed by atoms with Crippen LogP contribution in [0.4, 0.5) is 16.2 Å². The summed E-state index contributed by atoms with van der Waals surface area (Å²) in [7, 11) is 0. The molecule has 23 heavy (non-hydrogen) atoms. The Morgan fingerprint density at radius 1 is 0.870 bits per heavy atom. The Hall–Kier alpha value is -2.82. The predicted molar refractivity (Wildman–Crippen MR) is 92.7 cm³/mol. The first kappa shape index (κ1) is 16.5. The molecule has 0 fully saturated rings. The van der Waals surface area contributed by atoms with E-state index in [9.17, 15) is 9.59 Å². The van der Waals surface area contributed by atoms with Crippen LogP contribution in [0.1, 0.15) is 24.2 Å². The molecule has 0 saturated heterocycles. The first-order valence-corrected chi connectivity index (χ1v) is 7.56. The normalized spacial score (nSPS) is 10.2. The fraction of sp³-hybridized carbons (Fsp3) is 0.222. The molecule has 0 aromatic heterocycles. The van der Waals surface area contributed by atoms with Crippen LogP contribution in [0.15, 0.2) is 54.6 Å². The average Bonchev–Trinajstić information content (AvgIpc) is 2.54. The number of hydrogen-bond donors (Lipinski definition) is 3. The van der Waals surface area contributed by atoms with Crippen molar-refractivity contribution < 1.29 is 9.59 Å². The third kappa shape index (κ3) is 5.47. The summed E-state index contributed by atoms with van der Waals surface area (Å²) in [5.74, 6) is 0.292. The minimum atomic E-state index is -0.326. The highest BCUT2D eigenvalue weighted by Gasteiger charge is 2.07. The molecule has 5 heteroatoms. The summed E-state index contributed by atoms with van der Waals surface area (Å²) in [6.07, 6.45) is 0. The summed E-state index contributed by atoms with van der Waals surface area (Å²) in [6.45, 7) is 4.72. The molecule has 2 aromatic carbocycles. The Bertz CT molecular complexity index is 652. The standard InChI is InChI=1S/C18H21N3O2/c1-13(2)12-19-17(22)14-8-10-16(11-9-14)21-18(23)20-15-6-4-3-5-7-15/h3-11,13H,12H2,1-2H3,(H,19,22)(H2,20,21,23). The molecule has 0 atom stereocenters. The molecule has 120 valence electrons. The van der Waals surface area contributed by atoms with E-state index < -0.39 is 0 Å². The van der Waals surface area contributed by atoms with Gasteiger partial charge in [-0.25, -0.2) is 4.79 Å². The van der Waals surface area contributed by atoms with E-state index >= 15 is 0 Å². The van der Waals surface area contributed by atoms with E-state index in [0.29, 0.717) is 23.7 Å². The lowest BCUT2D eigenvalue weighted by Gasteiger charge is -2.09. The van der Waals surface area contributed by atoms with Crippen LogP contribution in [-0.2, 0) is 0 Å². The van der Waals surface area contributed by atoms with Crippen LogP contribution in [-0.4, -0.2) is 18.5 Å². The number of urea groups is 1. The van der Waals surface area contributed by atoms with Gasteiger partial charge in [-0.2, -0.15) is 0 Å². The SMILES string of the molecule is CC(C)CNC(=O)c1ccc(NC(=O)Nc2ccccc2)cc1. The average molecular weight is 311 g/mol. The first-order valence-electron chi connectivity index (χ1n) is 7.56. The highest BCUT2D eigenvalue weighted by molar-refractivity contribution is 6.00. The maximum atomic E-state index is 11.9. The van der Waals surface area contributed by atoms with Crippen molar-refractivity contribution in [2.45, 2.75) is 13.8 Å². The van der Waals surface area contributed by atoms with Gasteiger partial charge in [-0.1, -0.05) is 32.0 Å². The van der Waals surface area contributed by atoms with Crippen molar-refractivity contribution in [3.63, 3.8) is 0 Å². The summed E-state index contributed by atoms with van der Waals surface area (Å²) in [5.41, 5.74) is 1.91. The highest BCUT2D eigenvalue weighted by Crippen LogP contribution is 2.11. The Morgan fingerprint density at radius 3 is 2.00 bits per heavy atom. The molecular formula is C18H21N3O2. The molecule has 0 unspecified atom stereocenters. The third-order valence-corrected chi connectivity index (χ3v) is 3.11. The number of amides is 3. The Kier molecular flexibility index (Phi) is 5.74. The zero-order valence-corrected chi connectivity index (χ0v) is 13.3. The first-order chi connectivity index (χ1) is 11.0. The molecule has 0 radical (unpaired) electrons. The van der Waals surface area contributed by atoms with E-state index in [0.717, 1.165) is 5.69 Å². The lowest BCUT2D eigenvalue weighted by molar-refractivity contribution is 0.0949. The highest BCUT2D eigenvalue weighted by atomic mass is 16.2. The van der Waals surface area contributed by atoms with Crippen LogP contribution in [0.5, 0.6) is 0 Å². The topological polar surface area (TPSA) is 70.2 Å². The lowest BCUT2D eigenvalue weighted by atomic mass is 10.1. The summed E-state index contributed by atoms with van der Waals surface area (Å²) in [4.78, 5) is 23.8. The van der Waals surface area contributed by atoms with Crippen LogP contribution in [0.3, 0.4) is 0 Å². The van der Waals surface area contributed by atoms with Gasteiger partial charge in [0.15, 0.2) is 0 Å². The minimum absolute atomic E-state index is 0.112. The van der Waals surface area contributed by atoms with E-state index in [1.807, 2.05) is 44.2 Å². The number of benzene rings is 2. The fourth-order valence-electron chi connectivity index (χ4n) is 1.92.